The van der Waals surface area contributed by atoms with E-state index in [0.29, 0.717) is 11.4 Å². The summed E-state index contributed by atoms with van der Waals surface area (Å²) in [6.07, 6.45) is -0.126. The van der Waals surface area contributed by atoms with E-state index in [1.165, 1.54) is 14.0 Å². The van der Waals surface area contributed by atoms with Gasteiger partial charge < -0.3 is 10.1 Å². The van der Waals surface area contributed by atoms with Gasteiger partial charge >= 0.3 is 0 Å². The van der Waals surface area contributed by atoms with Gasteiger partial charge in [0.2, 0.25) is 5.91 Å². The summed E-state index contributed by atoms with van der Waals surface area (Å²) in [7, 11) is 1.53. The number of ether oxygens (including phenoxy) is 1. The van der Waals surface area contributed by atoms with Crippen LogP contribution in [0, 0.1) is 6.92 Å². The number of halogens is 1. The van der Waals surface area contributed by atoms with Crippen LogP contribution in [0.15, 0.2) is 16.6 Å². The Kier molecular flexibility index (Phi) is 4.69. The van der Waals surface area contributed by atoms with E-state index in [1.807, 2.05) is 13.0 Å². The molecule has 0 aromatic heterocycles. The van der Waals surface area contributed by atoms with Gasteiger partial charge in [0, 0.05) is 4.47 Å². The minimum atomic E-state index is -0.332. The van der Waals surface area contributed by atoms with Gasteiger partial charge in [-0.05, 0) is 31.5 Å². The fraction of sp³-hybridized carbons (Fsp3) is 0.333. The van der Waals surface area contributed by atoms with Crippen molar-refractivity contribution < 1.29 is 14.3 Å². The number of carbonyl (C=O) groups excluding carboxylic acids is 2. The van der Waals surface area contributed by atoms with Crippen LogP contribution in [0.5, 0.6) is 5.75 Å². The summed E-state index contributed by atoms with van der Waals surface area (Å²) in [5.41, 5.74) is 1.47. The Bertz CT molecular complexity index is 457. The Morgan fingerprint density at radius 1 is 1.41 bits per heavy atom. The summed E-state index contributed by atoms with van der Waals surface area (Å²) in [6, 6.07) is 3.63. The number of ketones is 1. The number of carbonyl (C=O) groups is 2. The molecule has 0 spiro atoms. The molecule has 1 N–H and O–H groups in total. The Labute approximate surface area is 108 Å². The smallest absolute Gasteiger partial charge is 0.231 e. The molecule has 0 heterocycles. The number of methoxy groups -OCH3 is 1. The van der Waals surface area contributed by atoms with Gasteiger partial charge in [-0.3, -0.25) is 9.59 Å². The van der Waals surface area contributed by atoms with Crippen LogP contribution in [0.2, 0.25) is 0 Å². The molecule has 0 unspecified atom stereocenters. The van der Waals surface area contributed by atoms with E-state index in [9.17, 15) is 9.59 Å². The number of hydrogen-bond acceptors (Lipinski definition) is 3. The second-order valence-corrected chi connectivity index (χ2v) is 4.64. The molecule has 17 heavy (non-hydrogen) atoms. The Morgan fingerprint density at radius 3 is 2.59 bits per heavy atom. The van der Waals surface area contributed by atoms with E-state index in [-0.39, 0.29) is 18.1 Å². The van der Waals surface area contributed by atoms with Gasteiger partial charge in [-0.15, -0.1) is 0 Å². The molecule has 1 rings (SSSR count). The molecule has 0 saturated heterocycles. The standard InChI is InChI=1S/C12H14BrNO3/c1-7-4-9(13)6-10(17-3)12(7)14-11(16)5-8(2)15/h4,6H,5H2,1-3H3,(H,14,16). The lowest BCUT2D eigenvalue weighted by Crippen LogP contribution is -2.16. The lowest BCUT2D eigenvalue weighted by molar-refractivity contribution is -0.124. The Balaban J connectivity index is 2.97. The Hall–Kier alpha value is -1.36. The largest absolute Gasteiger partial charge is 0.495 e. The molecule has 0 aliphatic heterocycles. The molecule has 0 bridgehead atoms. The zero-order valence-electron chi connectivity index (χ0n) is 9.96. The second kappa shape index (κ2) is 5.82. The molecule has 5 heteroatoms. The van der Waals surface area contributed by atoms with E-state index in [4.69, 9.17) is 4.74 Å². The van der Waals surface area contributed by atoms with Crippen LogP contribution < -0.4 is 10.1 Å². The zero-order valence-corrected chi connectivity index (χ0v) is 11.6. The summed E-state index contributed by atoms with van der Waals surface area (Å²) >= 11 is 3.35. The first kappa shape index (κ1) is 13.7. The SMILES string of the molecule is COc1cc(Br)cc(C)c1NC(=O)CC(C)=O. The van der Waals surface area contributed by atoms with Crippen molar-refractivity contribution in [2.75, 3.05) is 12.4 Å². The van der Waals surface area contributed by atoms with Crippen LogP contribution in [0.1, 0.15) is 18.9 Å². The van der Waals surface area contributed by atoms with Gasteiger partial charge in [0.1, 0.15) is 11.5 Å². The van der Waals surface area contributed by atoms with Crippen LogP contribution in [0.4, 0.5) is 5.69 Å². The monoisotopic (exact) mass is 299 g/mol. The molecular weight excluding hydrogens is 286 g/mol. The van der Waals surface area contributed by atoms with E-state index >= 15 is 0 Å². The number of rotatable bonds is 4. The predicted octanol–water partition coefficient (Wildman–Crippen LogP) is 2.68. The van der Waals surface area contributed by atoms with Crippen molar-refractivity contribution in [3.8, 4) is 5.75 Å². The van der Waals surface area contributed by atoms with E-state index in [0.717, 1.165) is 10.0 Å². The van der Waals surface area contributed by atoms with Gasteiger partial charge in [-0.2, -0.15) is 0 Å². The van der Waals surface area contributed by atoms with Crippen molar-refractivity contribution in [3.05, 3.63) is 22.2 Å². The minimum Gasteiger partial charge on any atom is -0.495 e. The van der Waals surface area contributed by atoms with Crippen molar-refractivity contribution in [2.45, 2.75) is 20.3 Å². The first-order valence-corrected chi connectivity index (χ1v) is 5.86. The molecule has 1 amide bonds. The number of nitrogens with one attached hydrogen (secondary N) is 1. The van der Waals surface area contributed by atoms with Gasteiger partial charge in [0.25, 0.3) is 0 Å². The number of aryl methyl sites for hydroxylation is 1. The molecule has 0 saturated carbocycles. The predicted molar refractivity (Wildman–Crippen MR) is 69.4 cm³/mol. The first-order valence-electron chi connectivity index (χ1n) is 5.07. The molecule has 1 aromatic rings. The molecule has 4 nitrogen and oxygen atoms in total. The maximum absolute atomic E-state index is 11.5. The molecular formula is C12H14BrNO3. The van der Waals surface area contributed by atoms with Crippen molar-refractivity contribution >= 4 is 33.3 Å². The van der Waals surface area contributed by atoms with Crippen molar-refractivity contribution in [2.24, 2.45) is 0 Å². The summed E-state index contributed by atoms with van der Waals surface area (Å²) < 4.78 is 6.05. The average molecular weight is 300 g/mol. The summed E-state index contributed by atoms with van der Waals surface area (Å²) in [5.74, 6) is 0.0613. The van der Waals surface area contributed by atoms with Crippen LogP contribution in [0.25, 0.3) is 0 Å². The van der Waals surface area contributed by atoms with Crippen molar-refractivity contribution in [1.82, 2.24) is 0 Å². The number of amides is 1. The second-order valence-electron chi connectivity index (χ2n) is 3.73. The van der Waals surface area contributed by atoms with Crippen molar-refractivity contribution in [3.63, 3.8) is 0 Å². The summed E-state index contributed by atoms with van der Waals surface area (Å²) in [4.78, 5) is 22.4. The topological polar surface area (TPSA) is 55.4 Å². The van der Waals surface area contributed by atoms with Gasteiger partial charge in [0.15, 0.2) is 0 Å². The quantitative estimate of drug-likeness (QED) is 0.870. The molecule has 0 atom stereocenters. The fourth-order valence-electron chi connectivity index (χ4n) is 1.44. The van der Waals surface area contributed by atoms with Crippen LogP contribution in [-0.4, -0.2) is 18.8 Å². The van der Waals surface area contributed by atoms with Gasteiger partial charge in [-0.1, -0.05) is 15.9 Å². The highest BCUT2D eigenvalue weighted by Gasteiger charge is 2.12. The van der Waals surface area contributed by atoms with Gasteiger partial charge in [-0.25, -0.2) is 0 Å². The minimum absolute atomic E-state index is 0.126. The third-order valence-electron chi connectivity index (χ3n) is 2.16. The number of hydrogen-bond donors (Lipinski definition) is 1. The third kappa shape index (κ3) is 3.85. The lowest BCUT2D eigenvalue weighted by Gasteiger charge is -2.13. The highest BCUT2D eigenvalue weighted by Crippen LogP contribution is 2.32. The number of benzene rings is 1. The molecule has 92 valence electrons. The Morgan fingerprint density at radius 2 is 2.06 bits per heavy atom. The van der Waals surface area contributed by atoms with Crippen LogP contribution in [0.3, 0.4) is 0 Å². The maximum Gasteiger partial charge on any atom is 0.231 e. The number of Topliss-reactive ketones (excluding diaryl/α,β-unsaturated/α-hetero) is 1. The fourth-order valence-corrected chi connectivity index (χ4v) is 1.99. The molecule has 0 aliphatic carbocycles. The number of anilines is 1. The molecule has 0 radical (unpaired) electrons. The molecule has 0 aliphatic rings. The van der Waals surface area contributed by atoms with Crippen molar-refractivity contribution in [1.29, 1.82) is 0 Å². The van der Waals surface area contributed by atoms with E-state index < -0.39 is 0 Å². The van der Waals surface area contributed by atoms with Crippen LogP contribution >= 0.6 is 15.9 Å². The highest BCUT2D eigenvalue weighted by atomic mass is 79.9. The summed E-state index contributed by atoms with van der Waals surface area (Å²) in [6.45, 7) is 3.24. The van der Waals surface area contributed by atoms with Crippen LogP contribution in [-0.2, 0) is 9.59 Å². The normalized spacial score (nSPS) is 9.88. The van der Waals surface area contributed by atoms with Gasteiger partial charge in [0.05, 0.1) is 19.2 Å². The third-order valence-corrected chi connectivity index (χ3v) is 2.62. The zero-order chi connectivity index (χ0) is 13.0. The molecule has 1 aromatic carbocycles. The maximum atomic E-state index is 11.5. The lowest BCUT2D eigenvalue weighted by atomic mass is 10.1. The summed E-state index contributed by atoms with van der Waals surface area (Å²) in [5, 5.41) is 2.68. The first-order chi connectivity index (χ1) is 7.93. The van der Waals surface area contributed by atoms with E-state index in [1.54, 1.807) is 6.07 Å². The average Bonchev–Trinajstić information content (AvgIpc) is 2.20. The van der Waals surface area contributed by atoms with E-state index in [2.05, 4.69) is 21.2 Å². The highest BCUT2D eigenvalue weighted by molar-refractivity contribution is 9.10. The molecule has 0 fully saturated rings.